The van der Waals surface area contributed by atoms with Crippen molar-refractivity contribution in [1.82, 2.24) is 5.32 Å². The quantitative estimate of drug-likeness (QED) is 0.762. The molecule has 1 aromatic carbocycles. The van der Waals surface area contributed by atoms with Crippen molar-refractivity contribution < 1.29 is 4.79 Å². The molecule has 0 aliphatic carbocycles. The van der Waals surface area contributed by atoms with Gasteiger partial charge in [-0.3, -0.25) is 4.79 Å². The number of aliphatic imine (C=N–C) groups is 1. The number of nitrogens with one attached hydrogen (secondary N) is 1. The molecule has 72 valence electrons. The molecule has 1 aromatic rings. The van der Waals surface area contributed by atoms with Crippen molar-refractivity contribution in [1.29, 1.82) is 0 Å². The lowest BCUT2D eigenvalue weighted by Gasteiger charge is -1.95. The molecule has 0 saturated carbocycles. The molecule has 1 heterocycles. The SMILES string of the molecule is C[C@@H]1SC(=Nc2ccccc2)NC1=O. The lowest BCUT2D eigenvalue weighted by Crippen LogP contribution is -2.23. The third kappa shape index (κ3) is 1.96. The number of rotatable bonds is 1. The van der Waals surface area contributed by atoms with Gasteiger partial charge in [-0.1, -0.05) is 30.0 Å². The van der Waals surface area contributed by atoms with Crippen LogP contribution in [0.4, 0.5) is 5.69 Å². The van der Waals surface area contributed by atoms with Gasteiger partial charge in [-0.05, 0) is 19.1 Å². The van der Waals surface area contributed by atoms with E-state index in [0.717, 1.165) is 5.69 Å². The summed E-state index contributed by atoms with van der Waals surface area (Å²) in [5, 5.41) is 3.38. The summed E-state index contributed by atoms with van der Waals surface area (Å²) in [5.74, 6) is 0.0321. The fraction of sp³-hybridized carbons (Fsp3) is 0.200. The summed E-state index contributed by atoms with van der Waals surface area (Å²) in [6.45, 7) is 1.87. The molecular formula is C10H10N2OS. The Bertz CT molecular complexity index is 375. The molecule has 14 heavy (non-hydrogen) atoms. The van der Waals surface area contributed by atoms with Gasteiger partial charge in [-0.15, -0.1) is 0 Å². The minimum absolute atomic E-state index is 0.0301. The van der Waals surface area contributed by atoms with Gasteiger partial charge in [0, 0.05) is 0 Å². The van der Waals surface area contributed by atoms with Crippen molar-refractivity contribution >= 4 is 28.5 Å². The average Bonchev–Trinajstić information content (AvgIpc) is 2.47. The Hall–Kier alpha value is -1.29. The van der Waals surface area contributed by atoms with Gasteiger partial charge in [0.1, 0.15) is 0 Å². The van der Waals surface area contributed by atoms with Crippen LogP contribution in [0.2, 0.25) is 0 Å². The van der Waals surface area contributed by atoms with Gasteiger partial charge in [0.15, 0.2) is 5.17 Å². The number of hydrogen-bond donors (Lipinski definition) is 1. The van der Waals surface area contributed by atoms with Crippen LogP contribution in [-0.4, -0.2) is 16.3 Å². The van der Waals surface area contributed by atoms with Crippen molar-refractivity contribution in [2.24, 2.45) is 4.99 Å². The molecule has 4 heteroatoms. The third-order valence-electron chi connectivity index (χ3n) is 1.87. The third-order valence-corrected chi connectivity index (χ3v) is 2.86. The van der Waals surface area contributed by atoms with E-state index in [0.29, 0.717) is 5.17 Å². The second-order valence-electron chi connectivity index (χ2n) is 3.00. The van der Waals surface area contributed by atoms with Crippen LogP contribution in [0.15, 0.2) is 35.3 Å². The Labute approximate surface area is 86.6 Å². The van der Waals surface area contributed by atoms with Gasteiger partial charge in [0.25, 0.3) is 0 Å². The van der Waals surface area contributed by atoms with Crippen LogP contribution >= 0.6 is 11.8 Å². The Kier molecular flexibility index (Phi) is 2.54. The Morgan fingerprint density at radius 1 is 1.36 bits per heavy atom. The van der Waals surface area contributed by atoms with Gasteiger partial charge >= 0.3 is 0 Å². The number of hydrogen-bond acceptors (Lipinski definition) is 3. The van der Waals surface area contributed by atoms with Gasteiger partial charge in [-0.2, -0.15) is 0 Å². The number of amides is 1. The lowest BCUT2D eigenvalue weighted by molar-refractivity contribution is -0.118. The number of thioether (sulfide) groups is 1. The lowest BCUT2D eigenvalue weighted by atomic mass is 10.3. The van der Waals surface area contributed by atoms with E-state index in [1.807, 2.05) is 37.3 Å². The number of carbonyl (C=O) groups is 1. The number of amidine groups is 1. The normalized spacial score (nSPS) is 23.9. The summed E-state index contributed by atoms with van der Waals surface area (Å²) >= 11 is 1.46. The van der Waals surface area contributed by atoms with E-state index < -0.39 is 0 Å². The summed E-state index contributed by atoms with van der Waals surface area (Å²) in [5.41, 5.74) is 0.865. The van der Waals surface area contributed by atoms with E-state index in [-0.39, 0.29) is 11.2 Å². The van der Waals surface area contributed by atoms with E-state index in [9.17, 15) is 4.79 Å². The Balaban J connectivity index is 2.17. The molecule has 1 amide bonds. The first-order valence-electron chi connectivity index (χ1n) is 4.37. The molecule has 1 N–H and O–H groups in total. The van der Waals surface area contributed by atoms with Crippen LogP contribution in [0.5, 0.6) is 0 Å². The maximum atomic E-state index is 11.2. The van der Waals surface area contributed by atoms with Crippen LogP contribution in [-0.2, 0) is 4.79 Å². The number of carbonyl (C=O) groups excluding carboxylic acids is 1. The summed E-state index contributed by atoms with van der Waals surface area (Å²) in [7, 11) is 0. The zero-order valence-corrected chi connectivity index (χ0v) is 8.54. The largest absolute Gasteiger partial charge is 0.304 e. The molecule has 0 bridgehead atoms. The molecule has 0 aromatic heterocycles. The van der Waals surface area contributed by atoms with E-state index in [2.05, 4.69) is 10.3 Å². The van der Waals surface area contributed by atoms with E-state index >= 15 is 0 Å². The molecule has 1 atom stereocenters. The molecular weight excluding hydrogens is 196 g/mol. The summed E-state index contributed by atoms with van der Waals surface area (Å²) in [6, 6.07) is 9.59. The second-order valence-corrected chi connectivity index (χ2v) is 4.33. The smallest absolute Gasteiger partial charge is 0.239 e. The highest BCUT2D eigenvalue weighted by molar-refractivity contribution is 8.15. The molecule has 3 nitrogen and oxygen atoms in total. The standard InChI is InChI=1S/C10H10N2OS/c1-7-9(13)12-10(14-7)11-8-5-3-2-4-6-8/h2-7H,1H3,(H,11,12,13)/t7-/m0/s1. The summed E-state index contributed by atoms with van der Waals surface area (Å²) in [4.78, 5) is 15.5. The molecule has 0 spiro atoms. The van der Waals surface area contributed by atoms with E-state index in [1.165, 1.54) is 11.8 Å². The molecule has 2 rings (SSSR count). The first-order chi connectivity index (χ1) is 6.75. The minimum atomic E-state index is -0.0301. The van der Waals surface area contributed by atoms with Gasteiger partial charge in [-0.25, -0.2) is 4.99 Å². The predicted octanol–water partition coefficient (Wildman–Crippen LogP) is 1.93. The first kappa shape index (κ1) is 9.27. The van der Waals surface area contributed by atoms with Crippen LogP contribution in [0, 0.1) is 0 Å². The predicted molar refractivity (Wildman–Crippen MR) is 58.7 cm³/mol. The fourth-order valence-corrected chi connectivity index (χ4v) is 1.95. The molecule has 1 saturated heterocycles. The maximum Gasteiger partial charge on any atom is 0.239 e. The van der Waals surface area contributed by atoms with Crippen molar-refractivity contribution in [3.05, 3.63) is 30.3 Å². The van der Waals surface area contributed by atoms with Gasteiger partial charge in [0.05, 0.1) is 10.9 Å². The van der Waals surface area contributed by atoms with Crippen LogP contribution < -0.4 is 5.32 Å². The molecule has 1 aliphatic heterocycles. The summed E-state index contributed by atoms with van der Waals surface area (Å²) in [6.07, 6.45) is 0. The molecule has 0 unspecified atom stereocenters. The van der Waals surface area contributed by atoms with Crippen molar-refractivity contribution in [3.63, 3.8) is 0 Å². The molecule has 1 aliphatic rings. The summed E-state index contributed by atoms with van der Waals surface area (Å²) < 4.78 is 0. The zero-order chi connectivity index (χ0) is 9.97. The van der Waals surface area contributed by atoms with Gasteiger partial charge in [0.2, 0.25) is 5.91 Å². The highest BCUT2D eigenvalue weighted by atomic mass is 32.2. The second kappa shape index (κ2) is 3.84. The Morgan fingerprint density at radius 3 is 2.64 bits per heavy atom. The molecule has 1 fully saturated rings. The highest BCUT2D eigenvalue weighted by Crippen LogP contribution is 2.21. The first-order valence-corrected chi connectivity index (χ1v) is 5.25. The fourth-order valence-electron chi connectivity index (χ4n) is 1.13. The van der Waals surface area contributed by atoms with Gasteiger partial charge < -0.3 is 5.32 Å². The van der Waals surface area contributed by atoms with Crippen LogP contribution in [0.1, 0.15) is 6.92 Å². The Morgan fingerprint density at radius 2 is 2.07 bits per heavy atom. The minimum Gasteiger partial charge on any atom is -0.304 e. The highest BCUT2D eigenvalue weighted by Gasteiger charge is 2.25. The maximum absolute atomic E-state index is 11.2. The van der Waals surface area contributed by atoms with E-state index in [1.54, 1.807) is 0 Å². The average molecular weight is 206 g/mol. The molecule has 0 radical (unpaired) electrons. The van der Waals surface area contributed by atoms with Crippen LogP contribution in [0.25, 0.3) is 0 Å². The zero-order valence-electron chi connectivity index (χ0n) is 7.73. The van der Waals surface area contributed by atoms with Crippen LogP contribution in [0.3, 0.4) is 0 Å². The topological polar surface area (TPSA) is 41.5 Å². The number of para-hydroxylation sites is 1. The van der Waals surface area contributed by atoms with Crippen molar-refractivity contribution in [2.45, 2.75) is 12.2 Å². The monoisotopic (exact) mass is 206 g/mol. The van der Waals surface area contributed by atoms with E-state index in [4.69, 9.17) is 0 Å². The van der Waals surface area contributed by atoms with Crippen molar-refractivity contribution in [3.8, 4) is 0 Å². The van der Waals surface area contributed by atoms with Crippen molar-refractivity contribution in [2.75, 3.05) is 0 Å². The number of nitrogens with zero attached hydrogens (tertiary/aromatic N) is 1. The number of benzene rings is 1.